The third-order valence-electron chi connectivity index (χ3n) is 7.86. The molecule has 5 rings (SSSR count). The maximum atomic E-state index is 13.5. The van der Waals surface area contributed by atoms with Crippen molar-refractivity contribution in [2.45, 2.75) is 52.0 Å². The number of amides is 3. The summed E-state index contributed by atoms with van der Waals surface area (Å²) >= 11 is 0. The summed E-state index contributed by atoms with van der Waals surface area (Å²) in [6.45, 7) is 6.85. The van der Waals surface area contributed by atoms with Gasteiger partial charge < -0.3 is 28.9 Å². The highest BCUT2D eigenvalue weighted by Crippen LogP contribution is 2.35. The van der Waals surface area contributed by atoms with Gasteiger partial charge in [0, 0.05) is 76.5 Å². The summed E-state index contributed by atoms with van der Waals surface area (Å²) in [7, 11) is 0. The standard InChI is InChI=1S/C30H38N6O5/c1-3-27-31-9-13-34(27)12-8-28(37)36-19-25-22-6-4-7-23(17-22)40-15-5-11-35(14-10-32-30(39)26(25)20-36)29(38)18-24-16-21(2)33-41-24/h4,6-7,9,13,16-17,25-26H,3,5,8,10-12,14-15,18-20H2,1-2H3,(H,32,39)/t25-,26+/m1/s1. The highest BCUT2D eigenvalue weighted by molar-refractivity contribution is 5.83. The molecule has 1 N–H and O–H groups in total. The second-order valence-electron chi connectivity index (χ2n) is 10.7. The van der Waals surface area contributed by atoms with E-state index in [2.05, 4.69) is 15.5 Å². The number of imidazole rings is 1. The molecule has 2 aliphatic rings. The van der Waals surface area contributed by atoms with E-state index >= 15 is 0 Å². The summed E-state index contributed by atoms with van der Waals surface area (Å²) in [5.41, 5.74) is 1.71. The van der Waals surface area contributed by atoms with Gasteiger partial charge in [-0.2, -0.15) is 0 Å². The molecule has 1 saturated heterocycles. The van der Waals surface area contributed by atoms with Crippen molar-refractivity contribution in [1.82, 2.24) is 29.8 Å². The van der Waals surface area contributed by atoms with E-state index < -0.39 is 5.92 Å². The molecule has 2 aromatic heterocycles. The Balaban J connectivity index is 1.28. The van der Waals surface area contributed by atoms with Crippen LogP contribution in [0.15, 0.2) is 47.2 Å². The SMILES string of the molecule is CCc1nccn1CCC(=O)N1C[C@@H]2C(=O)NCCN(C(=O)Cc3cc(C)no3)CCCOc3cccc(c3)[C@H]2C1. The lowest BCUT2D eigenvalue weighted by Crippen LogP contribution is -2.42. The van der Waals surface area contributed by atoms with Gasteiger partial charge in [0.2, 0.25) is 17.7 Å². The van der Waals surface area contributed by atoms with Crippen LogP contribution in [0.4, 0.5) is 0 Å². The first-order valence-corrected chi connectivity index (χ1v) is 14.4. The monoisotopic (exact) mass is 562 g/mol. The first kappa shape index (κ1) is 28.4. The van der Waals surface area contributed by atoms with E-state index in [1.807, 2.05) is 48.9 Å². The van der Waals surface area contributed by atoms with Gasteiger partial charge in [-0.15, -0.1) is 0 Å². The van der Waals surface area contributed by atoms with E-state index in [0.717, 1.165) is 23.5 Å². The Morgan fingerprint density at radius 2 is 1.95 bits per heavy atom. The Hall–Kier alpha value is -4.15. The highest BCUT2D eigenvalue weighted by atomic mass is 16.5. The number of aryl methyl sites for hydroxylation is 3. The molecule has 2 atom stereocenters. The van der Waals surface area contributed by atoms with E-state index in [1.54, 1.807) is 22.1 Å². The summed E-state index contributed by atoms with van der Waals surface area (Å²) in [6, 6.07) is 9.55. The number of likely N-dealkylation sites (tertiary alicyclic amines) is 1. The highest BCUT2D eigenvalue weighted by Gasteiger charge is 2.40. The van der Waals surface area contributed by atoms with Gasteiger partial charge in [-0.05, 0) is 31.0 Å². The quantitative estimate of drug-likeness (QED) is 0.489. The molecule has 0 aliphatic carbocycles. The van der Waals surface area contributed by atoms with Crippen LogP contribution in [0.2, 0.25) is 0 Å². The third-order valence-corrected chi connectivity index (χ3v) is 7.86. The average Bonchev–Trinajstić information content (AvgIpc) is 3.72. The fourth-order valence-corrected chi connectivity index (χ4v) is 5.69. The fourth-order valence-electron chi connectivity index (χ4n) is 5.69. The Morgan fingerprint density at radius 3 is 2.76 bits per heavy atom. The van der Waals surface area contributed by atoms with Crippen molar-refractivity contribution in [2.75, 3.05) is 39.3 Å². The number of carbonyl (C=O) groups excluding carboxylic acids is 3. The number of hydrogen-bond acceptors (Lipinski definition) is 7. The maximum Gasteiger partial charge on any atom is 0.230 e. The van der Waals surface area contributed by atoms with Crippen LogP contribution in [-0.4, -0.2) is 81.6 Å². The molecule has 1 fully saturated rings. The molecule has 2 aliphatic heterocycles. The van der Waals surface area contributed by atoms with E-state index in [1.165, 1.54) is 0 Å². The van der Waals surface area contributed by atoms with Crippen LogP contribution in [0, 0.1) is 12.8 Å². The van der Waals surface area contributed by atoms with E-state index in [0.29, 0.717) is 70.2 Å². The van der Waals surface area contributed by atoms with Crippen LogP contribution >= 0.6 is 0 Å². The van der Waals surface area contributed by atoms with Crippen molar-refractivity contribution in [3.8, 4) is 5.75 Å². The number of nitrogens with zero attached hydrogens (tertiary/aromatic N) is 5. The largest absolute Gasteiger partial charge is 0.494 e. The molecule has 218 valence electrons. The summed E-state index contributed by atoms with van der Waals surface area (Å²) in [6.07, 6.45) is 5.55. The van der Waals surface area contributed by atoms with Crippen LogP contribution in [0.1, 0.15) is 48.5 Å². The van der Waals surface area contributed by atoms with Gasteiger partial charge in [0.1, 0.15) is 17.3 Å². The van der Waals surface area contributed by atoms with Gasteiger partial charge in [0.25, 0.3) is 0 Å². The molecule has 3 aromatic rings. The second-order valence-corrected chi connectivity index (χ2v) is 10.7. The lowest BCUT2D eigenvalue weighted by atomic mass is 9.88. The molecular formula is C30H38N6O5. The van der Waals surface area contributed by atoms with Gasteiger partial charge in [0.15, 0.2) is 0 Å². The van der Waals surface area contributed by atoms with Crippen LogP contribution in [-0.2, 0) is 33.8 Å². The minimum atomic E-state index is -0.405. The van der Waals surface area contributed by atoms with E-state index in [9.17, 15) is 14.4 Å². The van der Waals surface area contributed by atoms with Crippen LogP contribution in [0.3, 0.4) is 0 Å². The number of aromatic nitrogens is 3. The molecule has 41 heavy (non-hydrogen) atoms. The summed E-state index contributed by atoms with van der Waals surface area (Å²) < 4.78 is 13.3. The van der Waals surface area contributed by atoms with Crippen molar-refractivity contribution in [2.24, 2.45) is 5.92 Å². The van der Waals surface area contributed by atoms with Crippen molar-refractivity contribution in [3.63, 3.8) is 0 Å². The minimum absolute atomic E-state index is 0.0193. The van der Waals surface area contributed by atoms with E-state index in [4.69, 9.17) is 9.26 Å². The normalized spacial score (nSPS) is 19.7. The molecule has 0 spiro atoms. The van der Waals surface area contributed by atoms with Gasteiger partial charge in [-0.3, -0.25) is 14.4 Å². The molecule has 4 heterocycles. The predicted octanol–water partition coefficient (Wildman–Crippen LogP) is 2.34. The molecule has 0 saturated carbocycles. The average molecular weight is 563 g/mol. The Bertz CT molecular complexity index is 1370. The van der Waals surface area contributed by atoms with Crippen molar-refractivity contribution < 1.29 is 23.6 Å². The fraction of sp³-hybridized carbons (Fsp3) is 0.500. The minimum Gasteiger partial charge on any atom is -0.494 e. The number of benzene rings is 1. The zero-order valence-corrected chi connectivity index (χ0v) is 23.8. The molecular weight excluding hydrogens is 524 g/mol. The molecule has 1 aromatic carbocycles. The Morgan fingerprint density at radius 1 is 1.10 bits per heavy atom. The lowest BCUT2D eigenvalue weighted by molar-refractivity contribution is -0.132. The lowest BCUT2D eigenvalue weighted by Gasteiger charge is -2.24. The zero-order valence-electron chi connectivity index (χ0n) is 23.8. The smallest absolute Gasteiger partial charge is 0.230 e. The van der Waals surface area contributed by atoms with Crippen LogP contribution < -0.4 is 10.1 Å². The first-order chi connectivity index (χ1) is 19.9. The number of rotatable bonds is 6. The number of ether oxygens (including phenoxy) is 1. The number of nitrogens with one attached hydrogen (secondary N) is 1. The molecule has 0 radical (unpaired) electrons. The van der Waals surface area contributed by atoms with Gasteiger partial charge in [0.05, 0.1) is 24.6 Å². The van der Waals surface area contributed by atoms with E-state index in [-0.39, 0.29) is 30.1 Å². The molecule has 2 bridgehead atoms. The van der Waals surface area contributed by atoms with Gasteiger partial charge in [-0.25, -0.2) is 4.98 Å². The number of hydrogen-bond donors (Lipinski definition) is 1. The van der Waals surface area contributed by atoms with Crippen LogP contribution in [0.5, 0.6) is 5.75 Å². The van der Waals surface area contributed by atoms with Crippen molar-refractivity contribution in [3.05, 3.63) is 65.6 Å². The molecule has 0 unspecified atom stereocenters. The first-order valence-electron chi connectivity index (χ1n) is 14.4. The summed E-state index contributed by atoms with van der Waals surface area (Å²) in [4.78, 5) is 47.7. The molecule has 11 heteroatoms. The maximum absolute atomic E-state index is 13.5. The summed E-state index contributed by atoms with van der Waals surface area (Å²) in [5, 5.41) is 6.91. The third kappa shape index (κ3) is 6.96. The topological polar surface area (TPSA) is 123 Å². The van der Waals surface area contributed by atoms with Gasteiger partial charge in [-0.1, -0.05) is 24.2 Å². The number of carbonyl (C=O) groups is 3. The number of fused-ring (bicyclic) bond motifs is 4. The van der Waals surface area contributed by atoms with Gasteiger partial charge >= 0.3 is 0 Å². The zero-order chi connectivity index (χ0) is 28.8. The molecule has 3 amide bonds. The van der Waals surface area contributed by atoms with Crippen molar-refractivity contribution in [1.29, 1.82) is 0 Å². The summed E-state index contributed by atoms with van der Waals surface area (Å²) in [5.74, 6) is 1.43. The second kappa shape index (κ2) is 13.0. The molecule has 11 nitrogen and oxygen atoms in total. The predicted molar refractivity (Wildman–Crippen MR) is 150 cm³/mol. The van der Waals surface area contributed by atoms with Crippen LogP contribution in [0.25, 0.3) is 0 Å². The van der Waals surface area contributed by atoms with Crippen molar-refractivity contribution >= 4 is 17.7 Å². The Labute approximate surface area is 239 Å². The Kier molecular flexibility index (Phi) is 9.01.